The van der Waals surface area contributed by atoms with Crippen LogP contribution in [-0.2, 0) is 9.53 Å². The second kappa shape index (κ2) is 11.2. The van der Waals surface area contributed by atoms with Gasteiger partial charge in [0.1, 0.15) is 0 Å². The van der Waals surface area contributed by atoms with Crippen LogP contribution in [-0.4, -0.2) is 75.2 Å². The van der Waals surface area contributed by atoms with Crippen molar-refractivity contribution in [3.05, 3.63) is 0 Å². The molecule has 2 aliphatic rings. The number of halogens is 1. The van der Waals surface area contributed by atoms with Crippen LogP contribution in [0.4, 0.5) is 0 Å². The first-order valence-electron chi connectivity index (χ1n) is 8.90. The van der Waals surface area contributed by atoms with Crippen LogP contribution < -0.4 is 5.32 Å². The second-order valence-corrected chi connectivity index (χ2v) is 6.86. The largest absolute Gasteiger partial charge is 0.383 e. The topological polar surface area (TPSA) is 44.8 Å². The monoisotopic (exact) mass is 347 g/mol. The van der Waals surface area contributed by atoms with Gasteiger partial charge in [-0.1, -0.05) is 6.92 Å². The predicted molar refractivity (Wildman–Crippen MR) is 96.1 cm³/mol. The van der Waals surface area contributed by atoms with E-state index < -0.39 is 0 Å². The van der Waals surface area contributed by atoms with Gasteiger partial charge in [0.15, 0.2) is 0 Å². The van der Waals surface area contributed by atoms with E-state index in [-0.39, 0.29) is 12.4 Å². The van der Waals surface area contributed by atoms with Gasteiger partial charge in [-0.25, -0.2) is 0 Å². The zero-order chi connectivity index (χ0) is 15.8. The molecule has 0 aliphatic carbocycles. The lowest BCUT2D eigenvalue weighted by Crippen LogP contribution is -2.39. The Balaban J connectivity index is 0.00000264. The first-order valence-corrected chi connectivity index (χ1v) is 8.90. The Morgan fingerprint density at radius 2 is 2.09 bits per heavy atom. The fourth-order valence-electron chi connectivity index (χ4n) is 3.60. The van der Waals surface area contributed by atoms with Gasteiger partial charge >= 0.3 is 0 Å². The Kier molecular flexibility index (Phi) is 10.1. The Bertz CT molecular complexity index is 338. The summed E-state index contributed by atoms with van der Waals surface area (Å²) in [5.74, 6) is 1.52. The van der Waals surface area contributed by atoms with E-state index in [0.717, 1.165) is 58.8 Å². The van der Waals surface area contributed by atoms with Crippen molar-refractivity contribution in [2.75, 3.05) is 59.5 Å². The highest BCUT2D eigenvalue weighted by atomic mass is 35.5. The molecule has 0 saturated carbocycles. The Morgan fingerprint density at radius 1 is 1.26 bits per heavy atom. The molecule has 2 aliphatic heterocycles. The molecule has 136 valence electrons. The highest BCUT2D eigenvalue weighted by Crippen LogP contribution is 2.23. The number of rotatable bonds is 6. The average molecular weight is 348 g/mol. The van der Waals surface area contributed by atoms with Crippen LogP contribution in [0, 0.1) is 11.8 Å². The van der Waals surface area contributed by atoms with Crippen molar-refractivity contribution in [1.29, 1.82) is 0 Å². The summed E-state index contributed by atoms with van der Waals surface area (Å²) >= 11 is 0. The lowest BCUT2D eigenvalue weighted by Gasteiger charge is -2.30. The molecule has 6 heteroatoms. The summed E-state index contributed by atoms with van der Waals surface area (Å²) in [6.45, 7) is 10.1. The maximum absolute atomic E-state index is 12.6. The van der Waals surface area contributed by atoms with E-state index in [0.29, 0.717) is 24.2 Å². The number of carbonyl (C=O) groups is 1. The Hall–Kier alpha value is -0.360. The van der Waals surface area contributed by atoms with Gasteiger partial charge in [0.05, 0.1) is 6.61 Å². The Labute approximate surface area is 147 Å². The van der Waals surface area contributed by atoms with Gasteiger partial charge in [-0.15, -0.1) is 12.4 Å². The zero-order valence-corrected chi connectivity index (χ0v) is 15.6. The third-order valence-electron chi connectivity index (χ3n) is 5.19. The summed E-state index contributed by atoms with van der Waals surface area (Å²) in [7, 11) is 1.75. The summed E-state index contributed by atoms with van der Waals surface area (Å²) in [5.41, 5.74) is 0. The molecule has 2 fully saturated rings. The van der Waals surface area contributed by atoms with Crippen molar-refractivity contribution in [2.24, 2.45) is 11.8 Å². The molecular weight excluding hydrogens is 314 g/mol. The molecule has 2 saturated heterocycles. The third kappa shape index (κ3) is 6.96. The summed E-state index contributed by atoms with van der Waals surface area (Å²) in [6, 6.07) is 0. The smallest absolute Gasteiger partial charge is 0.222 e. The van der Waals surface area contributed by atoms with Crippen LogP contribution >= 0.6 is 12.4 Å². The van der Waals surface area contributed by atoms with Crippen LogP contribution in [0.3, 0.4) is 0 Å². The van der Waals surface area contributed by atoms with E-state index in [1.807, 2.05) is 0 Å². The summed E-state index contributed by atoms with van der Waals surface area (Å²) in [4.78, 5) is 17.1. The van der Waals surface area contributed by atoms with Gasteiger partial charge in [0, 0.05) is 39.7 Å². The highest BCUT2D eigenvalue weighted by Gasteiger charge is 2.25. The lowest BCUT2D eigenvalue weighted by molar-refractivity contribution is -0.132. The van der Waals surface area contributed by atoms with Crippen molar-refractivity contribution in [2.45, 2.75) is 32.6 Å². The number of amides is 1. The first kappa shape index (κ1) is 20.7. The molecule has 23 heavy (non-hydrogen) atoms. The van der Waals surface area contributed by atoms with E-state index >= 15 is 0 Å². The molecule has 0 aromatic rings. The van der Waals surface area contributed by atoms with Crippen molar-refractivity contribution >= 4 is 18.3 Å². The van der Waals surface area contributed by atoms with E-state index in [1.165, 1.54) is 12.8 Å². The quantitative estimate of drug-likeness (QED) is 0.793. The van der Waals surface area contributed by atoms with Gasteiger partial charge in [-0.2, -0.15) is 0 Å². The van der Waals surface area contributed by atoms with Crippen molar-refractivity contribution in [3.63, 3.8) is 0 Å². The fourth-order valence-corrected chi connectivity index (χ4v) is 3.60. The number of nitrogens with zero attached hydrogens (tertiary/aromatic N) is 2. The normalized spacial score (nSPS) is 24.6. The lowest BCUT2D eigenvalue weighted by atomic mass is 9.85. The number of ether oxygens (including phenoxy) is 1. The van der Waals surface area contributed by atoms with Gasteiger partial charge in [0.2, 0.25) is 5.91 Å². The minimum absolute atomic E-state index is 0. The standard InChI is InChI=1S/C17H33N3O2.ClH/c1-15(16-5-3-6-18-14-16)13-17(21)20-8-4-7-19(9-10-20)11-12-22-2;/h15-16,18H,3-14H2,1-2H3;1H. The molecule has 1 amide bonds. The van der Waals surface area contributed by atoms with E-state index in [9.17, 15) is 4.79 Å². The maximum Gasteiger partial charge on any atom is 0.222 e. The van der Waals surface area contributed by atoms with Gasteiger partial charge in [0.25, 0.3) is 0 Å². The molecule has 0 radical (unpaired) electrons. The third-order valence-corrected chi connectivity index (χ3v) is 5.19. The number of hydrogen-bond acceptors (Lipinski definition) is 4. The van der Waals surface area contributed by atoms with Crippen molar-refractivity contribution in [1.82, 2.24) is 15.1 Å². The van der Waals surface area contributed by atoms with Crippen LogP contribution in [0.25, 0.3) is 0 Å². The molecule has 0 spiro atoms. The van der Waals surface area contributed by atoms with Crippen LogP contribution in [0.5, 0.6) is 0 Å². The molecule has 0 bridgehead atoms. The molecule has 0 aromatic carbocycles. The second-order valence-electron chi connectivity index (χ2n) is 6.86. The van der Waals surface area contributed by atoms with E-state index in [1.54, 1.807) is 7.11 Å². The van der Waals surface area contributed by atoms with Crippen molar-refractivity contribution < 1.29 is 9.53 Å². The molecule has 5 nitrogen and oxygen atoms in total. The number of piperidine rings is 1. The molecule has 2 atom stereocenters. The Morgan fingerprint density at radius 3 is 2.78 bits per heavy atom. The average Bonchev–Trinajstić information content (AvgIpc) is 2.79. The van der Waals surface area contributed by atoms with Crippen LogP contribution in [0.2, 0.25) is 0 Å². The van der Waals surface area contributed by atoms with E-state index in [2.05, 4.69) is 22.0 Å². The van der Waals surface area contributed by atoms with E-state index in [4.69, 9.17) is 4.74 Å². The zero-order valence-electron chi connectivity index (χ0n) is 14.8. The fraction of sp³-hybridized carbons (Fsp3) is 0.941. The number of methoxy groups -OCH3 is 1. The van der Waals surface area contributed by atoms with Crippen LogP contribution in [0.15, 0.2) is 0 Å². The van der Waals surface area contributed by atoms with Crippen LogP contribution in [0.1, 0.15) is 32.6 Å². The first-order chi connectivity index (χ1) is 10.7. The molecule has 0 aromatic heterocycles. The van der Waals surface area contributed by atoms with Gasteiger partial charge in [-0.05, 0) is 50.7 Å². The minimum Gasteiger partial charge on any atom is -0.383 e. The van der Waals surface area contributed by atoms with Crippen molar-refractivity contribution in [3.8, 4) is 0 Å². The number of nitrogens with one attached hydrogen (secondary N) is 1. The highest BCUT2D eigenvalue weighted by molar-refractivity contribution is 5.85. The molecule has 2 unspecified atom stereocenters. The summed E-state index contributed by atoms with van der Waals surface area (Å²) < 4.78 is 5.15. The maximum atomic E-state index is 12.6. The van der Waals surface area contributed by atoms with Gasteiger partial charge in [-0.3, -0.25) is 9.69 Å². The molecule has 2 heterocycles. The summed E-state index contributed by atoms with van der Waals surface area (Å²) in [6.07, 6.45) is 4.31. The minimum atomic E-state index is 0. The molecular formula is C17H34ClN3O2. The number of carbonyl (C=O) groups excluding carboxylic acids is 1. The predicted octanol–water partition coefficient (Wildman–Crippen LogP) is 1.61. The number of hydrogen-bond donors (Lipinski definition) is 1. The van der Waals surface area contributed by atoms with Gasteiger partial charge < -0.3 is 15.0 Å². The molecule has 1 N–H and O–H groups in total. The molecule has 2 rings (SSSR count). The SMILES string of the molecule is COCCN1CCCN(C(=O)CC(C)C2CCCNC2)CC1.Cl. The summed E-state index contributed by atoms with van der Waals surface area (Å²) in [5, 5.41) is 3.46.